The minimum atomic E-state index is 0.695. The third kappa shape index (κ3) is 4.53. The lowest BCUT2D eigenvalue weighted by Crippen LogP contribution is -1.97. The molecule has 0 atom stereocenters. The molecule has 0 fully saturated rings. The minimum absolute atomic E-state index is 0.695. The molecular weight excluding hydrogens is 526 g/mol. The van der Waals surface area contributed by atoms with Crippen molar-refractivity contribution in [2.75, 3.05) is 0 Å². The van der Waals surface area contributed by atoms with Crippen molar-refractivity contribution in [2.45, 2.75) is 0 Å². The summed E-state index contributed by atoms with van der Waals surface area (Å²) in [6, 6.07) is 45.8. The SMILES string of the molecule is c1ccc(-c2nc(-c3ccc(-c4cccnc4)cc3)cc(-c3ccc(-n4c5ccccc5c5cccnc54)cc3)n2)cc1. The zero-order valence-electron chi connectivity index (χ0n) is 23.2. The molecule has 0 radical (unpaired) electrons. The van der Waals surface area contributed by atoms with Gasteiger partial charge in [0.15, 0.2) is 5.82 Å². The van der Waals surface area contributed by atoms with E-state index in [-0.39, 0.29) is 0 Å². The number of benzene rings is 4. The van der Waals surface area contributed by atoms with Crippen molar-refractivity contribution in [3.05, 3.63) is 152 Å². The van der Waals surface area contributed by atoms with E-state index in [1.807, 2.05) is 54.9 Å². The summed E-state index contributed by atoms with van der Waals surface area (Å²) in [5, 5.41) is 2.34. The Hall–Kier alpha value is -5.94. The second-order valence-electron chi connectivity index (χ2n) is 10.4. The van der Waals surface area contributed by atoms with Gasteiger partial charge in [-0.2, -0.15) is 0 Å². The molecule has 5 nitrogen and oxygen atoms in total. The Labute approximate surface area is 248 Å². The van der Waals surface area contributed by atoms with Gasteiger partial charge in [-0.1, -0.05) is 91.0 Å². The van der Waals surface area contributed by atoms with E-state index in [1.54, 1.807) is 6.20 Å². The van der Waals surface area contributed by atoms with Gasteiger partial charge in [0.1, 0.15) is 5.65 Å². The summed E-state index contributed by atoms with van der Waals surface area (Å²) in [7, 11) is 0. The monoisotopic (exact) mass is 551 g/mol. The summed E-state index contributed by atoms with van der Waals surface area (Å²) in [6.07, 6.45) is 5.52. The Kier molecular flexibility index (Phi) is 6.05. The van der Waals surface area contributed by atoms with Crippen LogP contribution in [0, 0.1) is 0 Å². The van der Waals surface area contributed by atoms with E-state index in [0.717, 1.165) is 61.4 Å². The fourth-order valence-electron chi connectivity index (χ4n) is 5.66. The first-order chi connectivity index (χ1) is 21.3. The van der Waals surface area contributed by atoms with Crippen LogP contribution in [0.15, 0.2) is 152 Å². The van der Waals surface area contributed by atoms with Crippen molar-refractivity contribution in [3.8, 4) is 50.7 Å². The quantitative estimate of drug-likeness (QED) is 0.214. The van der Waals surface area contributed by atoms with Crippen molar-refractivity contribution in [3.63, 3.8) is 0 Å². The minimum Gasteiger partial charge on any atom is -0.294 e. The molecule has 4 aromatic heterocycles. The zero-order chi connectivity index (χ0) is 28.6. The molecule has 8 rings (SSSR count). The molecule has 0 N–H and O–H groups in total. The smallest absolute Gasteiger partial charge is 0.160 e. The molecule has 0 amide bonds. The maximum atomic E-state index is 5.02. The molecule has 0 bridgehead atoms. The van der Waals surface area contributed by atoms with Gasteiger partial charge in [0.2, 0.25) is 0 Å². The van der Waals surface area contributed by atoms with E-state index >= 15 is 0 Å². The Morgan fingerprint density at radius 1 is 0.465 bits per heavy atom. The van der Waals surface area contributed by atoms with Gasteiger partial charge in [-0.05, 0) is 53.6 Å². The van der Waals surface area contributed by atoms with Crippen LogP contribution in [-0.4, -0.2) is 24.5 Å². The number of rotatable bonds is 5. The molecule has 202 valence electrons. The van der Waals surface area contributed by atoms with Crippen LogP contribution in [-0.2, 0) is 0 Å². The van der Waals surface area contributed by atoms with E-state index in [9.17, 15) is 0 Å². The Morgan fingerprint density at radius 3 is 1.84 bits per heavy atom. The van der Waals surface area contributed by atoms with Gasteiger partial charge in [-0.3, -0.25) is 9.55 Å². The lowest BCUT2D eigenvalue weighted by molar-refractivity contribution is 1.13. The van der Waals surface area contributed by atoms with Gasteiger partial charge < -0.3 is 0 Å². The highest BCUT2D eigenvalue weighted by molar-refractivity contribution is 6.07. The van der Waals surface area contributed by atoms with Crippen molar-refractivity contribution in [1.29, 1.82) is 0 Å². The largest absolute Gasteiger partial charge is 0.294 e. The van der Waals surface area contributed by atoms with Crippen LogP contribution < -0.4 is 0 Å². The Balaban J connectivity index is 1.22. The maximum absolute atomic E-state index is 5.02. The average Bonchev–Trinajstić information content (AvgIpc) is 3.43. The van der Waals surface area contributed by atoms with Crippen LogP contribution in [0.25, 0.3) is 72.7 Å². The fraction of sp³-hybridized carbons (Fsp3) is 0. The van der Waals surface area contributed by atoms with Crippen LogP contribution in [0.1, 0.15) is 0 Å². The van der Waals surface area contributed by atoms with Crippen LogP contribution >= 0.6 is 0 Å². The third-order valence-corrected chi connectivity index (χ3v) is 7.79. The van der Waals surface area contributed by atoms with Gasteiger partial charge in [-0.15, -0.1) is 0 Å². The summed E-state index contributed by atoms with van der Waals surface area (Å²) in [5.74, 6) is 0.695. The molecule has 4 heterocycles. The number of hydrogen-bond donors (Lipinski definition) is 0. The van der Waals surface area contributed by atoms with Crippen LogP contribution in [0.5, 0.6) is 0 Å². The molecule has 0 spiro atoms. The van der Waals surface area contributed by atoms with Gasteiger partial charge in [0.25, 0.3) is 0 Å². The second kappa shape index (κ2) is 10.5. The van der Waals surface area contributed by atoms with Gasteiger partial charge in [0.05, 0.1) is 16.9 Å². The lowest BCUT2D eigenvalue weighted by atomic mass is 10.0. The molecule has 5 heteroatoms. The predicted molar refractivity (Wildman–Crippen MR) is 174 cm³/mol. The number of para-hydroxylation sites is 1. The van der Waals surface area contributed by atoms with Gasteiger partial charge in [0, 0.05) is 51.7 Å². The van der Waals surface area contributed by atoms with Crippen molar-refractivity contribution in [2.24, 2.45) is 0 Å². The van der Waals surface area contributed by atoms with Crippen LogP contribution in [0.3, 0.4) is 0 Å². The lowest BCUT2D eigenvalue weighted by Gasteiger charge is -2.11. The standard InChI is InChI=1S/C38H25N5/c1-2-8-29(9-3-1)37-41-34(27-16-14-26(15-17-27)30-10-6-22-39-25-30)24-35(42-37)28-18-20-31(21-19-28)43-36-13-5-4-11-32(36)33-12-7-23-40-38(33)43/h1-25H. The highest BCUT2D eigenvalue weighted by atomic mass is 15.0. The second-order valence-corrected chi connectivity index (χ2v) is 10.4. The number of aromatic nitrogens is 5. The molecule has 0 unspecified atom stereocenters. The summed E-state index contributed by atoms with van der Waals surface area (Å²) >= 11 is 0. The third-order valence-electron chi connectivity index (χ3n) is 7.79. The highest BCUT2D eigenvalue weighted by Gasteiger charge is 2.14. The van der Waals surface area contributed by atoms with Crippen molar-refractivity contribution in [1.82, 2.24) is 24.5 Å². The summed E-state index contributed by atoms with van der Waals surface area (Å²) < 4.78 is 2.22. The summed E-state index contributed by atoms with van der Waals surface area (Å²) in [4.78, 5) is 19.0. The Bertz CT molecular complexity index is 2150. The topological polar surface area (TPSA) is 56.5 Å². The van der Waals surface area contributed by atoms with E-state index in [4.69, 9.17) is 15.0 Å². The van der Waals surface area contributed by atoms with E-state index in [2.05, 4.69) is 101 Å². The van der Waals surface area contributed by atoms with E-state index in [0.29, 0.717) is 5.82 Å². The number of fused-ring (bicyclic) bond motifs is 3. The average molecular weight is 552 g/mol. The molecule has 8 aromatic rings. The molecule has 0 aliphatic rings. The molecule has 43 heavy (non-hydrogen) atoms. The van der Waals surface area contributed by atoms with Crippen LogP contribution in [0.4, 0.5) is 0 Å². The molecule has 0 saturated carbocycles. The Morgan fingerprint density at radius 2 is 1.09 bits per heavy atom. The van der Waals surface area contributed by atoms with E-state index in [1.165, 1.54) is 5.39 Å². The molecular formula is C38H25N5. The van der Waals surface area contributed by atoms with Crippen molar-refractivity contribution < 1.29 is 0 Å². The maximum Gasteiger partial charge on any atom is 0.160 e. The number of hydrogen-bond acceptors (Lipinski definition) is 4. The zero-order valence-corrected chi connectivity index (χ0v) is 23.2. The molecule has 0 aliphatic carbocycles. The van der Waals surface area contributed by atoms with Crippen molar-refractivity contribution >= 4 is 21.9 Å². The molecule has 0 saturated heterocycles. The first-order valence-corrected chi connectivity index (χ1v) is 14.2. The normalized spacial score (nSPS) is 11.3. The molecule has 4 aromatic carbocycles. The number of nitrogens with zero attached hydrogens (tertiary/aromatic N) is 5. The van der Waals surface area contributed by atoms with Gasteiger partial charge >= 0.3 is 0 Å². The predicted octanol–water partition coefficient (Wildman–Crippen LogP) is 9.03. The first-order valence-electron chi connectivity index (χ1n) is 14.2. The van der Waals surface area contributed by atoms with Crippen LogP contribution in [0.2, 0.25) is 0 Å². The first kappa shape index (κ1) is 24.8. The van der Waals surface area contributed by atoms with E-state index < -0.39 is 0 Å². The fourth-order valence-corrected chi connectivity index (χ4v) is 5.66. The summed E-state index contributed by atoms with van der Waals surface area (Å²) in [5.41, 5.74) is 10.1. The highest BCUT2D eigenvalue weighted by Crippen LogP contribution is 2.33. The molecule has 0 aliphatic heterocycles. The summed E-state index contributed by atoms with van der Waals surface area (Å²) in [6.45, 7) is 0. The van der Waals surface area contributed by atoms with Gasteiger partial charge in [-0.25, -0.2) is 15.0 Å². The number of pyridine rings is 2.